The van der Waals surface area contributed by atoms with Crippen molar-refractivity contribution >= 4 is 57.1 Å². The van der Waals surface area contributed by atoms with Crippen molar-refractivity contribution in [3.63, 3.8) is 0 Å². The molecule has 9 heteroatoms. The van der Waals surface area contributed by atoms with E-state index >= 15 is 0 Å². The van der Waals surface area contributed by atoms with Gasteiger partial charge in [-0.3, -0.25) is 4.79 Å². The number of rotatable bonds is 6. The van der Waals surface area contributed by atoms with E-state index < -0.39 is 0 Å². The average Bonchev–Trinajstić information content (AvgIpc) is 3.04. The minimum atomic E-state index is -0.331. The summed E-state index contributed by atoms with van der Waals surface area (Å²) in [6.45, 7) is 1.90. The lowest BCUT2D eigenvalue weighted by Crippen LogP contribution is -2.14. The summed E-state index contributed by atoms with van der Waals surface area (Å²) in [4.78, 5) is 12.1. The van der Waals surface area contributed by atoms with E-state index in [1.54, 1.807) is 24.3 Å². The van der Waals surface area contributed by atoms with Gasteiger partial charge < -0.3 is 10.6 Å². The zero-order chi connectivity index (χ0) is 18.5. The van der Waals surface area contributed by atoms with Gasteiger partial charge in [0.2, 0.25) is 11.0 Å². The molecular weight excluding hydrogens is 395 g/mol. The number of hydrogen-bond acceptors (Lipinski definition) is 6. The maximum Gasteiger partial charge on any atom is 0.234 e. The Hall–Kier alpha value is -2.16. The fraction of sp³-hybridized carbons (Fsp3) is 0.118. The van der Waals surface area contributed by atoms with Crippen LogP contribution in [0, 0.1) is 12.7 Å². The summed E-state index contributed by atoms with van der Waals surface area (Å²) in [7, 11) is 0. The highest BCUT2D eigenvalue weighted by Crippen LogP contribution is 2.28. The Morgan fingerprint density at radius 3 is 2.92 bits per heavy atom. The van der Waals surface area contributed by atoms with Crippen LogP contribution in [0.3, 0.4) is 0 Å². The monoisotopic (exact) mass is 408 g/mol. The average molecular weight is 409 g/mol. The summed E-state index contributed by atoms with van der Waals surface area (Å²) in [6, 6.07) is 11.4. The van der Waals surface area contributed by atoms with E-state index in [1.165, 1.54) is 35.2 Å². The molecule has 0 aliphatic heterocycles. The van der Waals surface area contributed by atoms with Gasteiger partial charge in [-0.05, 0) is 42.8 Å². The fourth-order valence-corrected chi connectivity index (χ4v) is 3.80. The summed E-state index contributed by atoms with van der Waals surface area (Å²) in [5.41, 5.74) is 2.21. The lowest BCUT2D eigenvalue weighted by atomic mass is 10.2. The maximum absolute atomic E-state index is 13.2. The molecule has 0 unspecified atom stereocenters. The van der Waals surface area contributed by atoms with E-state index in [2.05, 4.69) is 20.8 Å². The second-order valence-electron chi connectivity index (χ2n) is 5.30. The largest absolute Gasteiger partial charge is 0.330 e. The Kier molecular flexibility index (Phi) is 6.08. The molecule has 1 heterocycles. The number of anilines is 3. The number of aryl methyl sites for hydroxylation is 1. The minimum absolute atomic E-state index is 0.157. The van der Waals surface area contributed by atoms with Crippen molar-refractivity contribution in [2.45, 2.75) is 11.3 Å². The Morgan fingerprint density at radius 1 is 1.27 bits per heavy atom. The highest BCUT2D eigenvalue weighted by Gasteiger charge is 2.10. The van der Waals surface area contributed by atoms with Crippen LogP contribution < -0.4 is 10.6 Å². The van der Waals surface area contributed by atoms with E-state index in [0.29, 0.717) is 25.9 Å². The fourth-order valence-electron chi connectivity index (χ4n) is 2.05. The van der Waals surface area contributed by atoms with Crippen LogP contribution in [-0.4, -0.2) is 21.9 Å². The molecule has 134 valence electrons. The number of amides is 1. The summed E-state index contributed by atoms with van der Waals surface area (Å²) in [5.74, 6) is -0.294. The number of nitrogens with zero attached hydrogens (tertiary/aromatic N) is 2. The van der Waals surface area contributed by atoms with Gasteiger partial charge in [-0.15, -0.1) is 10.2 Å². The second-order valence-corrected chi connectivity index (χ2v) is 7.94. The van der Waals surface area contributed by atoms with E-state index in [0.717, 1.165) is 5.56 Å². The Bertz CT molecular complexity index is 935. The molecule has 0 spiro atoms. The zero-order valence-electron chi connectivity index (χ0n) is 13.6. The lowest BCUT2D eigenvalue weighted by molar-refractivity contribution is -0.113. The molecule has 0 saturated heterocycles. The van der Waals surface area contributed by atoms with Crippen molar-refractivity contribution in [1.29, 1.82) is 0 Å². The van der Waals surface area contributed by atoms with Gasteiger partial charge in [0.25, 0.3) is 0 Å². The Balaban J connectivity index is 1.54. The molecule has 2 aromatic carbocycles. The van der Waals surface area contributed by atoms with Gasteiger partial charge in [-0.2, -0.15) is 0 Å². The smallest absolute Gasteiger partial charge is 0.234 e. The molecule has 1 aromatic heterocycles. The zero-order valence-corrected chi connectivity index (χ0v) is 16.0. The van der Waals surface area contributed by atoms with Crippen molar-refractivity contribution in [2.75, 3.05) is 16.4 Å². The van der Waals surface area contributed by atoms with E-state index in [9.17, 15) is 9.18 Å². The number of aromatic nitrogens is 2. The van der Waals surface area contributed by atoms with Crippen LogP contribution in [0.1, 0.15) is 5.56 Å². The predicted octanol–water partition coefficient (Wildman–Crippen LogP) is 5.11. The van der Waals surface area contributed by atoms with Crippen LogP contribution in [0.15, 0.2) is 46.8 Å². The Morgan fingerprint density at radius 2 is 2.12 bits per heavy atom. The van der Waals surface area contributed by atoms with Gasteiger partial charge in [0.05, 0.1) is 5.75 Å². The van der Waals surface area contributed by atoms with Crippen LogP contribution in [0.2, 0.25) is 5.02 Å². The van der Waals surface area contributed by atoms with Crippen molar-refractivity contribution in [2.24, 2.45) is 0 Å². The second kappa shape index (κ2) is 8.48. The van der Waals surface area contributed by atoms with Gasteiger partial charge >= 0.3 is 0 Å². The minimum Gasteiger partial charge on any atom is -0.330 e. The third-order valence-corrected chi connectivity index (χ3v) is 5.49. The molecule has 3 aromatic rings. The molecular formula is C17H14ClFN4OS2. The van der Waals surface area contributed by atoms with Gasteiger partial charge in [0, 0.05) is 16.4 Å². The van der Waals surface area contributed by atoms with Crippen LogP contribution in [0.5, 0.6) is 0 Å². The Labute approximate surface area is 163 Å². The van der Waals surface area contributed by atoms with E-state index in [4.69, 9.17) is 11.6 Å². The number of halogens is 2. The first kappa shape index (κ1) is 18.6. The topological polar surface area (TPSA) is 66.9 Å². The molecule has 0 fully saturated rings. The van der Waals surface area contributed by atoms with Crippen molar-refractivity contribution < 1.29 is 9.18 Å². The first-order valence-electron chi connectivity index (χ1n) is 7.54. The summed E-state index contributed by atoms with van der Waals surface area (Å²) >= 11 is 8.52. The van der Waals surface area contributed by atoms with Crippen LogP contribution in [-0.2, 0) is 4.79 Å². The molecule has 0 radical (unpaired) electrons. The van der Waals surface area contributed by atoms with E-state index in [1.807, 2.05) is 13.0 Å². The number of benzene rings is 2. The molecule has 1 amide bonds. The molecule has 0 atom stereocenters. The quantitative estimate of drug-likeness (QED) is 0.554. The summed E-state index contributed by atoms with van der Waals surface area (Å²) < 4.78 is 13.8. The van der Waals surface area contributed by atoms with Crippen LogP contribution in [0.25, 0.3) is 0 Å². The lowest BCUT2D eigenvalue weighted by Gasteiger charge is -2.08. The predicted molar refractivity (Wildman–Crippen MR) is 105 cm³/mol. The molecule has 26 heavy (non-hydrogen) atoms. The SMILES string of the molecule is Cc1ccc(Cl)cc1NC(=O)CSc1nnc(Nc2cccc(F)c2)s1. The molecule has 0 aliphatic rings. The van der Waals surface area contributed by atoms with Crippen LogP contribution >= 0.6 is 34.7 Å². The molecule has 0 aliphatic carbocycles. The number of carbonyl (C=O) groups is 1. The van der Waals surface area contributed by atoms with Gasteiger partial charge in [-0.1, -0.05) is 46.8 Å². The third kappa shape index (κ3) is 5.17. The molecule has 3 rings (SSSR count). The highest BCUT2D eigenvalue weighted by molar-refractivity contribution is 8.01. The van der Waals surface area contributed by atoms with Crippen molar-refractivity contribution in [1.82, 2.24) is 10.2 Å². The maximum atomic E-state index is 13.2. The summed E-state index contributed by atoms with van der Waals surface area (Å²) in [5, 5.41) is 14.9. The molecule has 0 bridgehead atoms. The summed E-state index contributed by atoms with van der Waals surface area (Å²) in [6.07, 6.45) is 0. The van der Waals surface area contributed by atoms with E-state index in [-0.39, 0.29) is 17.5 Å². The number of carbonyl (C=O) groups excluding carboxylic acids is 1. The van der Waals surface area contributed by atoms with Gasteiger partial charge in [-0.25, -0.2) is 4.39 Å². The first-order valence-corrected chi connectivity index (χ1v) is 9.72. The van der Waals surface area contributed by atoms with Crippen molar-refractivity contribution in [3.8, 4) is 0 Å². The number of thioether (sulfide) groups is 1. The standard InChI is InChI=1S/C17H14ClFN4OS2/c1-10-5-6-11(18)7-14(10)21-15(24)9-25-17-23-22-16(26-17)20-13-4-2-3-12(19)8-13/h2-8H,9H2,1H3,(H,20,22)(H,21,24). The number of hydrogen-bond donors (Lipinski definition) is 2. The first-order chi connectivity index (χ1) is 12.5. The third-order valence-electron chi connectivity index (χ3n) is 3.28. The van der Waals surface area contributed by atoms with Crippen LogP contribution in [0.4, 0.5) is 20.9 Å². The molecule has 0 saturated carbocycles. The molecule has 5 nitrogen and oxygen atoms in total. The van der Waals surface area contributed by atoms with Crippen molar-refractivity contribution in [3.05, 3.63) is 58.9 Å². The molecule has 2 N–H and O–H groups in total. The van der Waals surface area contributed by atoms with Gasteiger partial charge in [0.15, 0.2) is 4.34 Å². The highest BCUT2D eigenvalue weighted by atomic mass is 35.5. The number of nitrogens with one attached hydrogen (secondary N) is 2. The van der Waals surface area contributed by atoms with Gasteiger partial charge in [0.1, 0.15) is 5.82 Å². The normalized spacial score (nSPS) is 10.6.